The van der Waals surface area contributed by atoms with E-state index < -0.39 is 6.10 Å². The first-order valence-electron chi connectivity index (χ1n) is 8.08. The zero-order valence-electron chi connectivity index (χ0n) is 14.5. The standard InChI is InChI=1S/C16H18BN2O2.C2H6/c1-9-7-13(18-8-12-5-4-6-21-12)15-16(19-9)10(2)14(17-15)11(3)20;1-2/h4-7,11,20H,8H2,1-3H3,(H,18,19);1-2H3. The predicted molar refractivity (Wildman–Crippen MR) is 96.0 cm³/mol. The van der Waals surface area contributed by atoms with E-state index in [0.29, 0.717) is 6.54 Å². The normalized spacial score (nSPS) is 13.8. The van der Waals surface area contributed by atoms with E-state index >= 15 is 0 Å². The Bertz CT molecular complexity index is 691. The van der Waals surface area contributed by atoms with Crippen LogP contribution >= 0.6 is 0 Å². The van der Waals surface area contributed by atoms with Gasteiger partial charge in [-0.1, -0.05) is 19.3 Å². The summed E-state index contributed by atoms with van der Waals surface area (Å²) in [6.45, 7) is 10.4. The summed E-state index contributed by atoms with van der Waals surface area (Å²) in [4.78, 5) is 4.61. The van der Waals surface area contributed by atoms with Crippen LogP contribution in [0, 0.1) is 6.92 Å². The van der Waals surface area contributed by atoms with Crippen LogP contribution in [0.15, 0.2) is 34.4 Å². The monoisotopic (exact) mass is 311 g/mol. The first-order valence-corrected chi connectivity index (χ1v) is 8.08. The van der Waals surface area contributed by atoms with Crippen molar-refractivity contribution < 1.29 is 9.52 Å². The molecule has 3 rings (SSSR count). The van der Waals surface area contributed by atoms with Gasteiger partial charge >= 0.3 is 0 Å². The lowest BCUT2D eigenvalue weighted by Gasteiger charge is -2.12. The molecule has 0 fully saturated rings. The number of fused-ring (bicyclic) bond motifs is 1. The highest BCUT2D eigenvalue weighted by Crippen LogP contribution is 2.26. The molecule has 0 bridgehead atoms. The highest BCUT2D eigenvalue weighted by Gasteiger charge is 2.26. The number of rotatable bonds is 4. The molecular formula is C18H24BN2O2. The van der Waals surface area contributed by atoms with Gasteiger partial charge in [0.05, 0.1) is 24.6 Å². The summed E-state index contributed by atoms with van der Waals surface area (Å²) in [6.07, 6.45) is 1.18. The second kappa shape index (κ2) is 7.51. The van der Waals surface area contributed by atoms with Crippen molar-refractivity contribution in [3.8, 4) is 0 Å². The number of furan rings is 1. The summed E-state index contributed by atoms with van der Waals surface area (Å²) in [7, 11) is 2.02. The van der Waals surface area contributed by atoms with Gasteiger partial charge in [0.1, 0.15) is 5.76 Å². The molecule has 1 aliphatic heterocycles. The van der Waals surface area contributed by atoms with Crippen LogP contribution in [0.25, 0.3) is 5.57 Å². The Labute approximate surface area is 138 Å². The van der Waals surface area contributed by atoms with Crippen LogP contribution in [0.5, 0.6) is 0 Å². The topological polar surface area (TPSA) is 58.3 Å². The third-order valence-corrected chi connectivity index (χ3v) is 3.76. The lowest BCUT2D eigenvalue weighted by molar-refractivity contribution is 0.240. The van der Waals surface area contributed by atoms with Gasteiger partial charge in [-0.2, -0.15) is 0 Å². The molecule has 2 N–H and O–H groups in total. The van der Waals surface area contributed by atoms with Crippen LogP contribution in [0.1, 0.15) is 44.8 Å². The summed E-state index contributed by atoms with van der Waals surface area (Å²) in [5.41, 5.74) is 5.95. The third-order valence-electron chi connectivity index (χ3n) is 3.76. The van der Waals surface area contributed by atoms with Gasteiger partial charge in [-0.05, 0) is 50.0 Å². The molecule has 0 aliphatic carbocycles. The second-order valence-electron chi connectivity index (χ2n) is 5.41. The molecule has 23 heavy (non-hydrogen) atoms. The number of aliphatic hydroxyl groups excluding tert-OH is 1. The first-order chi connectivity index (χ1) is 11.1. The van der Waals surface area contributed by atoms with Crippen molar-refractivity contribution in [1.29, 1.82) is 0 Å². The fourth-order valence-corrected chi connectivity index (χ4v) is 2.69. The molecule has 0 amide bonds. The predicted octanol–water partition coefficient (Wildman–Crippen LogP) is 3.08. The van der Waals surface area contributed by atoms with Crippen molar-refractivity contribution in [2.24, 2.45) is 0 Å². The number of hydrogen-bond donors (Lipinski definition) is 2. The molecular weight excluding hydrogens is 287 g/mol. The lowest BCUT2D eigenvalue weighted by atomic mass is 9.64. The van der Waals surface area contributed by atoms with E-state index in [4.69, 9.17) is 4.42 Å². The Balaban J connectivity index is 0.000000924. The van der Waals surface area contributed by atoms with Crippen molar-refractivity contribution in [3.63, 3.8) is 0 Å². The SMILES string of the molecule is CC.CC1=C(C(C)O)[B]c2c(NCc3ccco3)cc(C)nc21. The summed E-state index contributed by atoms with van der Waals surface area (Å²) in [5.74, 6) is 0.886. The Morgan fingerprint density at radius 3 is 2.70 bits per heavy atom. The van der Waals surface area contributed by atoms with Crippen LogP contribution in [-0.2, 0) is 6.54 Å². The second-order valence-corrected chi connectivity index (χ2v) is 5.41. The van der Waals surface area contributed by atoms with Gasteiger partial charge in [0.25, 0.3) is 0 Å². The van der Waals surface area contributed by atoms with Crippen molar-refractivity contribution in [3.05, 3.63) is 47.1 Å². The Kier molecular flexibility index (Phi) is 5.66. The van der Waals surface area contributed by atoms with Crippen molar-refractivity contribution in [2.75, 3.05) is 5.32 Å². The van der Waals surface area contributed by atoms with E-state index in [1.165, 1.54) is 0 Å². The van der Waals surface area contributed by atoms with Gasteiger partial charge in [0.15, 0.2) is 7.28 Å². The number of aliphatic hydroxyl groups is 1. The van der Waals surface area contributed by atoms with E-state index in [0.717, 1.165) is 39.3 Å². The van der Waals surface area contributed by atoms with Gasteiger partial charge in [0.2, 0.25) is 0 Å². The molecule has 1 radical (unpaired) electrons. The minimum atomic E-state index is -0.488. The van der Waals surface area contributed by atoms with Gasteiger partial charge < -0.3 is 14.8 Å². The molecule has 3 heterocycles. The van der Waals surface area contributed by atoms with Crippen LogP contribution < -0.4 is 10.8 Å². The fraction of sp³-hybridized carbons (Fsp3) is 0.389. The van der Waals surface area contributed by atoms with Gasteiger partial charge in [-0.15, -0.1) is 0 Å². The molecule has 4 nitrogen and oxygen atoms in total. The molecule has 2 aromatic heterocycles. The molecule has 0 saturated heterocycles. The maximum Gasteiger partial charge on any atom is 0.195 e. The van der Waals surface area contributed by atoms with Crippen LogP contribution in [0.4, 0.5) is 5.69 Å². The van der Waals surface area contributed by atoms with Gasteiger partial charge in [-0.25, -0.2) is 0 Å². The minimum absolute atomic E-state index is 0.488. The lowest BCUT2D eigenvalue weighted by Crippen LogP contribution is -2.23. The van der Waals surface area contributed by atoms with E-state index in [-0.39, 0.29) is 0 Å². The maximum absolute atomic E-state index is 9.88. The molecule has 2 aromatic rings. The molecule has 1 aliphatic rings. The average Bonchev–Trinajstić information content (AvgIpc) is 3.16. The highest BCUT2D eigenvalue weighted by atomic mass is 16.3. The van der Waals surface area contributed by atoms with Gasteiger partial charge in [0, 0.05) is 11.4 Å². The maximum atomic E-state index is 9.88. The number of nitrogens with zero attached hydrogens (tertiary/aromatic N) is 1. The summed E-state index contributed by atoms with van der Waals surface area (Å²) < 4.78 is 5.35. The Morgan fingerprint density at radius 2 is 2.09 bits per heavy atom. The van der Waals surface area contributed by atoms with E-state index in [2.05, 4.69) is 10.3 Å². The van der Waals surface area contributed by atoms with Crippen LogP contribution in [-0.4, -0.2) is 23.5 Å². The average molecular weight is 311 g/mol. The number of hydrogen-bond acceptors (Lipinski definition) is 4. The first kappa shape index (κ1) is 17.4. The number of pyridine rings is 1. The Morgan fingerprint density at radius 1 is 1.35 bits per heavy atom. The summed E-state index contributed by atoms with van der Waals surface area (Å²) in [5, 5.41) is 13.3. The van der Waals surface area contributed by atoms with E-state index in [9.17, 15) is 5.11 Å². The molecule has 5 heteroatoms. The summed E-state index contributed by atoms with van der Waals surface area (Å²) in [6, 6.07) is 5.84. The zero-order chi connectivity index (χ0) is 17.0. The van der Waals surface area contributed by atoms with Crippen molar-refractivity contribution in [1.82, 2.24) is 4.98 Å². The number of allylic oxidation sites excluding steroid dienone is 1. The number of anilines is 1. The quantitative estimate of drug-likeness (QED) is 0.852. The van der Waals surface area contributed by atoms with E-state index in [1.54, 1.807) is 13.2 Å². The highest BCUT2D eigenvalue weighted by molar-refractivity contribution is 6.67. The van der Waals surface area contributed by atoms with Gasteiger partial charge in [-0.3, -0.25) is 4.98 Å². The molecule has 0 spiro atoms. The number of nitrogens with one attached hydrogen (secondary N) is 1. The zero-order valence-corrected chi connectivity index (χ0v) is 14.5. The Hall–Kier alpha value is -2.01. The fourth-order valence-electron chi connectivity index (χ4n) is 2.69. The third kappa shape index (κ3) is 3.67. The smallest absolute Gasteiger partial charge is 0.195 e. The molecule has 1 unspecified atom stereocenters. The largest absolute Gasteiger partial charge is 0.467 e. The minimum Gasteiger partial charge on any atom is -0.467 e. The van der Waals surface area contributed by atoms with E-state index in [1.807, 2.05) is 53.2 Å². The molecule has 121 valence electrons. The summed E-state index contributed by atoms with van der Waals surface area (Å²) >= 11 is 0. The van der Waals surface area contributed by atoms with Crippen molar-refractivity contribution in [2.45, 2.75) is 47.3 Å². The van der Waals surface area contributed by atoms with Crippen LogP contribution in [0.2, 0.25) is 0 Å². The van der Waals surface area contributed by atoms with Crippen LogP contribution in [0.3, 0.4) is 0 Å². The molecule has 0 saturated carbocycles. The van der Waals surface area contributed by atoms with Crippen molar-refractivity contribution >= 4 is 24.0 Å². The number of aromatic nitrogens is 1. The molecule has 0 aromatic carbocycles. The molecule has 1 atom stereocenters. The number of aryl methyl sites for hydroxylation is 1.